The molecular formula is C20H19F2N7O. The van der Waals surface area contributed by atoms with E-state index in [4.69, 9.17) is 16.6 Å². The molecule has 0 fully saturated rings. The van der Waals surface area contributed by atoms with Gasteiger partial charge in [0.15, 0.2) is 0 Å². The highest BCUT2D eigenvalue weighted by atomic mass is 19.1. The van der Waals surface area contributed by atoms with E-state index < -0.39 is 23.1 Å². The summed E-state index contributed by atoms with van der Waals surface area (Å²) in [6, 6.07) is 6.97. The van der Waals surface area contributed by atoms with Crippen LogP contribution in [-0.2, 0) is 7.05 Å². The number of hydrogen-bond donors (Lipinski definition) is 5. The summed E-state index contributed by atoms with van der Waals surface area (Å²) in [6.07, 6.45) is 2.24. The lowest BCUT2D eigenvalue weighted by Crippen LogP contribution is -2.18. The highest BCUT2D eigenvalue weighted by molar-refractivity contribution is 6.14. The lowest BCUT2D eigenvalue weighted by atomic mass is 10.0. The summed E-state index contributed by atoms with van der Waals surface area (Å²) in [6.45, 7) is 0. The SMILES string of the molecule is CNc1cc(F)c(C(=O)Nc2ccc(N)c(C(=N)c3ccnn3C)c2)c(F)c1C=N. The second-order valence-corrected chi connectivity index (χ2v) is 6.37. The van der Waals surface area contributed by atoms with E-state index in [-0.39, 0.29) is 22.6 Å². The van der Waals surface area contributed by atoms with Crippen molar-refractivity contribution in [3.8, 4) is 0 Å². The molecule has 0 saturated heterocycles. The van der Waals surface area contributed by atoms with Gasteiger partial charge in [-0.05, 0) is 30.3 Å². The van der Waals surface area contributed by atoms with Crippen molar-refractivity contribution in [2.24, 2.45) is 7.05 Å². The Morgan fingerprint density at radius 2 is 2.00 bits per heavy atom. The molecule has 0 saturated carbocycles. The molecule has 0 spiro atoms. The standard InChI is InChI=1S/C20H19F2N7O/c1-26-15-8-13(21)17(18(22)12(15)9-23)20(30)28-10-3-4-14(24)11(7-10)19(25)16-5-6-27-29(16)2/h3-9,23,25-26H,24H2,1-2H3,(H,28,30). The molecular weight excluding hydrogens is 392 g/mol. The number of aryl methyl sites for hydroxylation is 1. The summed E-state index contributed by atoms with van der Waals surface area (Å²) in [5.41, 5.74) is 6.36. The number of nitrogens with zero attached hydrogens (tertiary/aromatic N) is 2. The van der Waals surface area contributed by atoms with Gasteiger partial charge in [0.05, 0.1) is 17.0 Å². The van der Waals surface area contributed by atoms with Crippen molar-refractivity contribution in [1.29, 1.82) is 10.8 Å². The van der Waals surface area contributed by atoms with E-state index in [9.17, 15) is 13.6 Å². The molecule has 2 aromatic carbocycles. The van der Waals surface area contributed by atoms with Crippen LogP contribution in [0.5, 0.6) is 0 Å². The summed E-state index contributed by atoms with van der Waals surface area (Å²) in [4.78, 5) is 12.6. The Labute approximate surface area is 170 Å². The number of halogens is 2. The van der Waals surface area contributed by atoms with Crippen molar-refractivity contribution in [1.82, 2.24) is 9.78 Å². The maximum Gasteiger partial charge on any atom is 0.261 e. The van der Waals surface area contributed by atoms with Gasteiger partial charge in [0.2, 0.25) is 0 Å². The smallest absolute Gasteiger partial charge is 0.261 e. The van der Waals surface area contributed by atoms with Crippen molar-refractivity contribution in [3.63, 3.8) is 0 Å². The van der Waals surface area contributed by atoms with Crippen LogP contribution in [0.1, 0.15) is 27.2 Å². The minimum Gasteiger partial charge on any atom is -0.398 e. The van der Waals surface area contributed by atoms with Gasteiger partial charge in [-0.2, -0.15) is 5.10 Å². The number of aromatic nitrogens is 2. The lowest BCUT2D eigenvalue weighted by molar-refractivity contribution is 0.101. The fourth-order valence-electron chi connectivity index (χ4n) is 2.99. The first-order chi connectivity index (χ1) is 14.3. The Hall–Kier alpha value is -4.08. The first kappa shape index (κ1) is 20.6. The van der Waals surface area contributed by atoms with Crippen molar-refractivity contribution < 1.29 is 13.6 Å². The van der Waals surface area contributed by atoms with Gasteiger partial charge >= 0.3 is 0 Å². The van der Waals surface area contributed by atoms with Crippen molar-refractivity contribution in [2.45, 2.75) is 0 Å². The summed E-state index contributed by atoms with van der Waals surface area (Å²) < 4.78 is 30.6. The molecule has 0 atom stereocenters. The number of nitrogen functional groups attached to an aromatic ring is 1. The van der Waals surface area contributed by atoms with Crippen LogP contribution in [0.2, 0.25) is 0 Å². The zero-order valence-corrected chi connectivity index (χ0v) is 16.2. The van der Waals surface area contributed by atoms with Crippen molar-refractivity contribution in [2.75, 3.05) is 23.4 Å². The molecule has 0 aliphatic rings. The Bertz CT molecular complexity index is 1170. The average molecular weight is 411 g/mol. The monoisotopic (exact) mass is 411 g/mol. The maximum atomic E-state index is 14.7. The number of benzene rings is 2. The summed E-state index contributed by atoms with van der Waals surface area (Å²) in [5.74, 6) is -3.25. The Kier molecular flexibility index (Phi) is 5.58. The van der Waals surface area contributed by atoms with Gasteiger partial charge in [0.1, 0.15) is 17.2 Å². The number of rotatable bonds is 6. The zero-order chi connectivity index (χ0) is 22.0. The highest BCUT2D eigenvalue weighted by Gasteiger charge is 2.23. The largest absolute Gasteiger partial charge is 0.398 e. The van der Waals surface area contributed by atoms with Gasteiger partial charge in [-0.15, -0.1) is 0 Å². The fraction of sp³-hybridized carbons (Fsp3) is 0.100. The number of nitrogens with two attached hydrogens (primary N) is 1. The number of anilines is 3. The highest BCUT2D eigenvalue weighted by Crippen LogP contribution is 2.26. The van der Waals surface area contributed by atoms with Crippen LogP contribution in [0.15, 0.2) is 36.5 Å². The zero-order valence-electron chi connectivity index (χ0n) is 16.2. The van der Waals surface area contributed by atoms with E-state index in [1.807, 2.05) is 0 Å². The Balaban J connectivity index is 1.96. The van der Waals surface area contributed by atoms with Crippen LogP contribution in [0.25, 0.3) is 0 Å². The number of hydrogen-bond acceptors (Lipinski definition) is 6. The van der Waals surface area contributed by atoms with Gasteiger partial charge in [-0.25, -0.2) is 8.78 Å². The second kappa shape index (κ2) is 8.11. The van der Waals surface area contributed by atoms with Gasteiger partial charge in [0.25, 0.3) is 5.91 Å². The number of carbonyl (C=O) groups excluding carboxylic acids is 1. The normalized spacial score (nSPS) is 10.5. The molecule has 0 bridgehead atoms. The van der Waals surface area contributed by atoms with Crippen LogP contribution >= 0.6 is 0 Å². The third-order valence-electron chi connectivity index (χ3n) is 4.55. The Morgan fingerprint density at radius 3 is 2.60 bits per heavy atom. The van der Waals surface area contributed by atoms with Crippen LogP contribution in [0, 0.1) is 22.5 Å². The molecule has 1 amide bonds. The maximum absolute atomic E-state index is 14.7. The molecule has 6 N–H and O–H groups in total. The van der Waals surface area contributed by atoms with E-state index in [1.165, 1.54) is 36.1 Å². The minimum atomic E-state index is -1.15. The van der Waals surface area contributed by atoms with Crippen molar-refractivity contribution in [3.05, 3.63) is 70.5 Å². The van der Waals surface area contributed by atoms with Crippen LogP contribution < -0.4 is 16.4 Å². The molecule has 1 aromatic heterocycles. The topological polar surface area (TPSA) is 133 Å². The quantitative estimate of drug-likeness (QED) is 0.315. The molecule has 154 valence electrons. The summed E-state index contributed by atoms with van der Waals surface area (Å²) in [5, 5.41) is 24.7. The van der Waals surface area contributed by atoms with Crippen LogP contribution in [0.3, 0.4) is 0 Å². The van der Waals surface area contributed by atoms with Crippen LogP contribution in [0.4, 0.5) is 25.8 Å². The molecule has 30 heavy (non-hydrogen) atoms. The van der Waals surface area contributed by atoms with Crippen molar-refractivity contribution >= 4 is 34.9 Å². The average Bonchev–Trinajstić information content (AvgIpc) is 3.14. The van der Waals surface area contributed by atoms with E-state index in [2.05, 4.69) is 15.7 Å². The molecule has 0 aliphatic carbocycles. The fourth-order valence-corrected chi connectivity index (χ4v) is 2.99. The van der Waals surface area contributed by atoms with E-state index in [0.29, 0.717) is 23.2 Å². The van der Waals surface area contributed by atoms with Gasteiger partial charge < -0.3 is 21.8 Å². The first-order valence-electron chi connectivity index (χ1n) is 8.76. The van der Waals surface area contributed by atoms with E-state index in [0.717, 1.165) is 6.07 Å². The molecule has 1 heterocycles. The third-order valence-corrected chi connectivity index (χ3v) is 4.55. The lowest BCUT2D eigenvalue weighted by Gasteiger charge is -2.14. The third kappa shape index (κ3) is 3.62. The van der Waals surface area contributed by atoms with Gasteiger partial charge in [-0.1, -0.05) is 0 Å². The summed E-state index contributed by atoms with van der Waals surface area (Å²) >= 11 is 0. The van der Waals surface area contributed by atoms with E-state index >= 15 is 0 Å². The molecule has 0 radical (unpaired) electrons. The predicted octanol–water partition coefficient (Wildman–Crippen LogP) is 2.99. The molecule has 3 aromatic rings. The second-order valence-electron chi connectivity index (χ2n) is 6.37. The first-order valence-corrected chi connectivity index (χ1v) is 8.76. The number of nitrogens with one attached hydrogen (secondary N) is 4. The minimum absolute atomic E-state index is 0.0518. The van der Waals surface area contributed by atoms with Gasteiger partial charge in [-0.3, -0.25) is 14.9 Å². The number of amides is 1. The van der Waals surface area contributed by atoms with E-state index in [1.54, 1.807) is 13.1 Å². The predicted molar refractivity (Wildman–Crippen MR) is 112 cm³/mol. The molecule has 0 unspecified atom stereocenters. The molecule has 8 nitrogen and oxygen atoms in total. The molecule has 10 heteroatoms. The van der Waals surface area contributed by atoms with Gasteiger partial charge in [0, 0.05) is 49.1 Å². The number of carbonyl (C=O) groups is 1. The summed E-state index contributed by atoms with van der Waals surface area (Å²) in [7, 11) is 3.13. The Morgan fingerprint density at radius 1 is 1.27 bits per heavy atom. The molecule has 0 aliphatic heterocycles. The van der Waals surface area contributed by atoms with Crippen LogP contribution in [-0.4, -0.2) is 34.7 Å². The molecule has 3 rings (SSSR count).